The minimum absolute atomic E-state index is 0.118. The van der Waals surface area contributed by atoms with Crippen molar-refractivity contribution in [2.24, 2.45) is 0 Å². The van der Waals surface area contributed by atoms with Crippen molar-refractivity contribution in [1.29, 1.82) is 0 Å². The minimum atomic E-state index is 0.118. The van der Waals surface area contributed by atoms with Gasteiger partial charge in [0.25, 0.3) is 0 Å². The molecule has 1 saturated heterocycles. The highest BCUT2D eigenvalue weighted by molar-refractivity contribution is 5.78. The maximum atomic E-state index is 12.6. The second-order valence-corrected chi connectivity index (χ2v) is 8.09. The van der Waals surface area contributed by atoms with Crippen LogP contribution in [0.25, 0.3) is 5.69 Å². The van der Waals surface area contributed by atoms with Crippen molar-refractivity contribution in [3.63, 3.8) is 0 Å². The summed E-state index contributed by atoms with van der Waals surface area (Å²) in [6.45, 7) is 4.34. The lowest BCUT2D eigenvalue weighted by Crippen LogP contribution is -2.59. The van der Waals surface area contributed by atoms with E-state index in [-0.39, 0.29) is 11.4 Å². The molecule has 28 heavy (non-hydrogen) atoms. The van der Waals surface area contributed by atoms with Gasteiger partial charge in [0.15, 0.2) is 0 Å². The zero-order valence-electron chi connectivity index (χ0n) is 16.6. The molecule has 1 amide bonds. The van der Waals surface area contributed by atoms with E-state index in [4.69, 9.17) is 4.74 Å². The van der Waals surface area contributed by atoms with Crippen molar-refractivity contribution in [2.75, 3.05) is 32.8 Å². The molecule has 1 aliphatic heterocycles. The van der Waals surface area contributed by atoms with Gasteiger partial charge in [-0.15, -0.1) is 0 Å². The zero-order valence-corrected chi connectivity index (χ0v) is 16.6. The van der Waals surface area contributed by atoms with Gasteiger partial charge in [-0.05, 0) is 42.7 Å². The van der Waals surface area contributed by atoms with Crippen LogP contribution >= 0.6 is 0 Å². The fraction of sp³-hybridized carbons (Fsp3) is 0.522. The molecular weight excluding hydrogens is 350 g/mol. The third-order valence-electron chi connectivity index (χ3n) is 6.28. The SMILES string of the molecule is O=C(Cc1ccc(-n2cccc2)cc1)NCC1(N2CCOCC2)CCCCC1. The highest BCUT2D eigenvalue weighted by Gasteiger charge is 2.38. The van der Waals surface area contributed by atoms with E-state index in [9.17, 15) is 4.79 Å². The van der Waals surface area contributed by atoms with Crippen molar-refractivity contribution < 1.29 is 9.53 Å². The Morgan fingerprint density at radius 1 is 1.00 bits per heavy atom. The molecule has 4 rings (SSSR count). The first-order valence-corrected chi connectivity index (χ1v) is 10.6. The molecule has 2 aromatic rings. The summed E-state index contributed by atoms with van der Waals surface area (Å²) >= 11 is 0. The van der Waals surface area contributed by atoms with Crippen LogP contribution in [0.2, 0.25) is 0 Å². The Balaban J connectivity index is 1.34. The standard InChI is InChI=1S/C23H31N3O2/c27-22(18-20-6-8-21(9-7-20)25-12-4-5-13-25)24-19-23(10-2-1-3-11-23)26-14-16-28-17-15-26/h4-9,12-13H,1-3,10-11,14-19H2,(H,24,27). The number of carbonyl (C=O) groups is 1. The molecule has 5 heteroatoms. The van der Waals surface area contributed by atoms with Crippen molar-refractivity contribution in [3.05, 3.63) is 54.4 Å². The van der Waals surface area contributed by atoms with Gasteiger partial charge in [0, 0.05) is 43.3 Å². The first kappa shape index (κ1) is 19.2. The summed E-state index contributed by atoms with van der Waals surface area (Å²) in [5, 5.41) is 3.25. The lowest BCUT2D eigenvalue weighted by molar-refractivity contribution is -0.121. The summed E-state index contributed by atoms with van der Waals surface area (Å²) in [7, 11) is 0. The van der Waals surface area contributed by atoms with E-state index in [1.165, 1.54) is 32.1 Å². The number of morpholine rings is 1. The Morgan fingerprint density at radius 2 is 1.68 bits per heavy atom. The van der Waals surface area contributed by atoms with Gasteiger partial charge in [-0.3, -0.25) is 9.69 Å². The molecule has 0 bridgehead atoms. The van der Waals surface area contributed by atoms with Crippen molar-refractivity contribution in [2.45, 2.75) is 44.1 Å². The molecule has 1 aromatic heterocycles. The van der Waals surface area contributed by atoms with Gasteiger partial charge in [0.05, 0.1) is 19.6 Å². The van der Waals surface area contributed by atoms with Crippen LogP contribution in [0.4, 0.5) is 0 Å². The average molecular weight is 382 g/mol. The lowest BCUT2D eigenvalue weighted by atomic mass is 9.79. The minimum Gasteiger partial charge on any atom is -0.379 e. The van der Waals surface area contributed by atoms with Gasteiger partial charge < -0.3 is 14.6 Å². The number of hydrogen-bond acceptors (Lipinski definition) is 3. The van der Waals surface area contributed by atoms with Gasteiger partial charge in [0.1, 0.15) is 0 Å². The monoisotopic (exact) mass is 381 g/mol. The Kier molecular flexibility index (Phi) is 6.13. The van der Waals surface area contributed by atoms with Crippen molar-refractivity contribution in [3.8, 4) is 5.69 Å². The molecule has 2 aliphatic rings. The summed E-state index contributed by atoms with van der Waals surface area (Å²) in [4.78, 5) is 15.2. The summed E-state index contributed by atoms with van der Waals surface area (Å²) in [5.41, 5.74) is 2.29. The van der Waals surface area contributed by atoms with Crippen LogP contribution in [0.15, 0.2) is 48.8 Å². The van der Waals surface area contributed by atoms with Crippen molar-refractivity contribution >= 4 is 5.91 Å². The maximum absolute atomic E-state index is 12.6. The average Bonchev–Trinajstić information content (AvgIpc) is 3.29. The van der Waals surface area contributed by atoms with E-state index in [1.807, 2.05) is 36.7 Å². The molecule has 1 aromatic carbocycles. The van der Waals surface area contributed by atoms with Gasteiger partial charge in [-0.2, -0.15) is 0 Å². The van der Waals surface area contributed by atoms with Gasteiger partial charge in [0.2, 0.25) is 5.91 Å². The number of ether oxygens (including phenoxy) is 1. The molecule has 1 N–H and O–H groups in total. The molecule has 150 valence electrons. The van der Waals surface area contributed by atoms with Crippen LogP contribution in [0, 0.1) is 0 Å². The summed E-state index contributed by atoms with van der Waals surface area (Å²) in [5.74, 6) is 0.118. The summed E-state index contributed by atoms with van der Waals surface area (Å²) in [6.07, 6.45) is 10.7. The van der Waals surface area contributed by atoms with E-state index in [0.717, 1.165) is 44.1 Å². The Morgan fingerprint density at radius 3 is 2.36 bits per heavy atom. The first-order valence-electron chi connectivity index (χ1n) is 10.6. The number of benzene rings is 1. The number of amides is 1. The normalized spacial score (nSPS) is 20.0. The second-order valence-electron chi connectivity index (χ2n) is 8.09. The van der Waals surface area contributed by atoms with Crippen LogP contribution in [-0.2, 0) is 16.0 Å². The van der Waals surface area contributed by atoms with Crippen LogP contribution in [0.3, 0.4) is 0 Å². The van der Waals surface area contributed by atoms with Crippen LogP contribution in [0.1, 0.15) is 37.7 Å². The van der Waals surface area contributed by atoms with E-state index in [0.29, 0.717) is 6.42 Å². The van der Waals surface area contributed by atoms with Crippen molar-refractivity contribution in [1.82, 2.24) is 14.8 Å². The first-order chi connectivity index (χ1) is 13.8. The van der Waals surface area contributed by atoms with E-state index < -0.39 is 0 Å². The van der Waals surface area contributed by atoms with Gasteiger partial charge >= 0.3 is 0 Å². The molecule has 1 aliphatic carbocycles. The van der Waals surface area contributed by atoms with E-state index >= 15 is 0 Å². The molecule has 1 saturated carbocycles. The predicted molar refractivity (Wildman–Crippen MR) is 111 cm³/mol. The second kappa shape index (κ2) is 8.93. The quantitative estimate of drug-likeness (QED) is 0.836. The predicted octanol–water partition coefficient (Wildman–Crippen LogP) is 3.17. The molecule has 2 fully saturated rings. The fourth-order valence-corrected chi connectivity index (χ4v) is 4.66. The summed E-state index contributed by atoms with van der Waals surface area (Å²) in [6, 6.07) is 12.3. The highest BCUT2D eigenvalue weighted by Crippen LogP contribution is 2.33. The lowest BCUT2D eigenvalue weighted by Gasteiger charge is -2.48. The van der Waals surface area contributed by atoms with Crippen LogP contribution in [0.5, 0.6) is 0 Å². The number of nitrogens with one attached hydrogen (secondary N) is 1. The molecule has 0 unspecified atom stereocenters. The number of carbonyl (C=O) groups excluding carboxylic acids is 1. The highest BCUT2D eigenvalue weighted by atomic mass is 16.5. The number of rotatable bonds is 6. The Labute approximate surface area is 167 Å². The Bertz CT molecular complexity index is 743. The van der Waals surface area contributed by atoms with Gasteiger partial charge in [-0.25, -0.2) is 0 Å². The molecular formula is C23H31N3O2. The third-order valence-corrected chi connectivity index (χ3v) is 6.28. The van der Waals surface area contributed by atoms with Crippen LogP contribution < -0.4 is 5.32 Å². The Hall–Kier alpha value is -2.11. The molecule has 0 spiro atoms. The van der Waals surface area contributed by atoms with Gasteiger partial charge in [-0.1, -0.05) is 31.4 Å². The molecule has 5 nitrogen and oxygen atoms in total. The summed E-state index contributed by atoms with van der Waals surface area (Å²) < 4.78 is 7.61. The number of aromatic nitrogens is 1. The topological polar surface area (TPSA) is 46.5 Å². The molecule has 0 radical (unpaired) electrons. The molecule has 0 atom stereocenters. The van der Waals surface area contributed by atoms with E-state index in [2.05, 4.69) is 26.9 Å². The number of nitrogens with zero attached hydrogens (tertiary/aromatic N) is 2. The smallest absolute Gasteiger partial charge is 0.224 e. The largest absolute Gasteiger partial charge is 0.379 e. The maximum Gasteiger partial charge on any atom is 0.224 e. The number of hydrogen-bond donors (Lipinski definition) is 1. The zero-order chi connectivity index (χ0) is 19.2. The molecule has 2 heterocycles. The fourth-order valence-electron chi connectivity index (χ4n) is 4.66. The van der Waals surface area contributed by atoms with E-state index in [1.54, 1.807) is 0 Å². The third kappa shape index (κ3) is 4.47. The van der Waals surface area contributed by atoms with Crippen LogP contribution in [-0.4, -0.2) is 53.8 Å².